The molecule has 178 valence electrons. The number of aliphatic hydroxyl groups excluding tert-OH is 2. The van der Waals surface area contributed by atoms with Crippen LogP contribution in [0.5, 0.6) is 0 Å². The Balaban J connectivity index is 1.78. The number of alkyl halides is 2. The molecule has 3 fully saturated rings. The lowest BCUT2D eigenvalue weighted by atomic mass is 9.43. The molecule has 0 saturated heterocycles. The van der Waals surface area contributed by atoms with Crippen LogP contribution in [0.4, 0.5) is 4.39 Å². The van der Waals surface area contributed by atoms with Crippen LogP contribution in [0.25, 0.3) is 0 Å². The predicted molar refractivity (Wildman–Crippen MR) is 111 cm³/mol. The molecule has 9 heteroatoms. The van der Waals surface area contributed by atoms with E-state index in [4.69, 9.17) is 16.3 Å². The number of Topliss-reactive ketones (excluding diaryl/α,β-unsaturated/α-hetero) is 1. The summed E-state index contributed by atoms with van der Waals surface area (Å²) in [5.74, 6) is -3.22. The lowest BCUT2D eigenvalue weighted by Crippen LogP contribution is -2.71. The average Bonchev–Trinajstić information content (AvgIpc) is 2.91. The Morgan fingerprint density at radius 2 is 1.88 bits per heavy atom. The van der Waals surface area contributed by atoms with E-state index < -0.39 is 69.9 Å². The molecular weight excluding hydrogens is 443 g/mol. The number of carbonyl (C=O) groups excluding carboxylic acids is 3. The Morgan fingerprint density at radius 1 is 1.22 bits per heavy atom. The van der Waals surface area contributed by atoms with Crippen molar-refractivity contribution in [2.24, 2.45) is 22.7 Å². The van der Waals surface area contributed by atoms with E-state index in [0.717, 1.165) is 6.92 Å². The Hall–Kier alpha value is -1.35. The summed E-state index contributed by atoms with van der Waals surface area (Å²) in [6.45, 7) is 3.65. The van der Waals surface area contributed by atoms with Gasteiger partial charge >= 0.3 is 5.97 Å². The summed E-state index contributed by atoms with van der Waals surface area (Å²) in [7, 11) is 0. The van der Waals surface area contributed by atoms with Crippen molar-refractivity contribution in [2.75, 3.05) is 6.61 Å². The fraction of sp³-hybridized carbons (Fsp3) is 0.783. The van der Waals surface area contributed by atoms with E-state index in [9.17, 15) is 29.7 Å². The molecule has 0 bridgehead atoms. The molecule has 4 aliphatic rings. The molecule has 0 aromatic carbocycles. The van der Waals surface area contributed by atoms with Crippen molar-refractivity contribution in [3.63, 3.8) is 0 Å². The third kappa shape index (κ3) is 2.79. The molecule has 0 heterocycles. The van der Waals surface area contributed by atoms with Crippen molar-refractivity contribution in [1.29, 1.82) is 0 Å². The van der Waals surface area contributed by atoms with Gasteiger partial charge in [-0.05, 0) is 43.3 Å². The van der Waals surface area contributed by atoms with Crippen molar-refractivity contribution >= 4 is 29.1 Å². The number of esters is 1. The second-order valence-corrected chi connectivity index (χ2v) is 11.0. The molecule has 32 heavy (non-hydrogen) atoms. The Bertz CT molecular complexity index is 907. The average molecular weight is 473 g/mol. The minimum Gasteiger partial charge on any atom is -0.458 e. The fourth-order valence-corrected chi connectivity index (χ4v) is 7.85. The Labute approximate surface area is 191 Å². The smallest absolute Gasteiger partial charge is 0.303 e. The van der Waals surface area contributed by atoms with E-state index in [1.54, 1.807) is 13.8 Å². The lowest BCUT2D eigenvalue weighted by Gasteiger charge is -2.64. The van der Waals surface area contributed by atoms with Gasteiger partial charge in [0, 0.05) is 30.1 Å². The molecule has 3 N–H and O–H groups in total. The van der Waals surface area contributed by atoms with E-state index in [1.807, 2.05) is 0 Å². The van der Waals surface area contributed by atoms with E-state index in [0.29, 0.717) is 5.57 Å². The summed E-state index contributed by atoms with van der Waals surface area (Å²) in [5, 5.41) is 32.9. The van der Waals surface area contributed by atoms with Crippen LogP contribution in [-0.2, 0) is 19.1 Å². The van der Waals surface area contributed by atoms with Gasteiger partial charge in [0.05, 0.1) is 17.6 Å². The SMILES string of the molecule is CC(=O)OCC(=O)[C@@]1(O)[C@H](O)C[C@H]2[C@@H]3C[C@H](Cl)C4=CC(=O)CC[C@]4(C)[C@@]3(F)[C@@H](O)C[C@@]21C. The first-order valence-electron chi connectivity index (χ1n) is 11.1. The van der Waals surface area contributed by atoms with E-state index in [1.165, 1.54) is 6.08 Å². The third-order valence-electron chi connectivity index (χ3n) is 9.08. The van der Waals surface area contributed by atoms with E-state index >= 15 is 4.39 Å². The second-order valence-electron chi connectivity index (χ2n) is 10.4. The van der Waals surface area contributed by atoms with Gasteiger partial charge in [-0.15, -0.1) is 11.6 Å². The van der Waals surface area contributed by atoms with Gasteiger partial charge in [-0.1, -0.05) is 13.8 Å². The van der Waals surface area contributed by atoms with Crippen molar-refractivity contribution < 1.29 is 38.8 Å². The molecular formula is C23H30ClFO7. The number of rotatable bonds is 3. The van der Waals surface area contributed by atoms with Gasteiger partial charge < -0.3 is 20.1 Å². The maximum atomic E-state index is 17.1. The van der Waals surface area contributed by atoms with Crippen LogP contribution in [0.1, 0.15) is 52.9 Å². The summed E-state index contributed by atoms with van der Waals surface area (Å²) < 4.78 is 21.9. The van der Waals surface area contributed by atoms with E-state index in [-0.39, 0.29) is 37.9 Å². The minimum absolute atomic E-state index is 0.0560. The van der Waals surface area contributed by atoms with Crippen molar-refractivity contribution in [3.05, 3.63) is 11.6 Å². The zero-order valence-electron chi connectivity index (χ0n) is 18.4. The normalized spacial score (nSPS) is 50.1. The number of allylic oxidation sites excluding steroid dienone is 1. The molecule has 4 rings (SSSR count). The summed E-state index contributed by atoms with van der Waals surface area (Å²) in [6.07, 6.45) is -1.55. The topological polar surface area (TPSA) is 121 Å². The van der Waals surface area contributed by atoms with Crippen LogP contribution in [0.2, 0.25) is 0 Å². The summed E-state index contributed by atoms with van der Waals surface area (Å²) in [4.78, 5) is 36.2. The molecule has 0 aromatic rings. The lowest BCUT2D eigenvalue weighted by molar-refractivity contribution is -0.230. The quantitative estimate of drug-likeness (QED) is 0.421. The molecule has 7 nitrogen and oxygen atoms in total. The zero-order valence-corrected chi connectivity index (χ0v) is 19.2. The highest BCUT2D eigenvalue weighted by atomic mass is 35.5. The number of hydrogen-bond donors (Lipinski definition) is 3. The molecule has 0 spiro atoms. The summed E-state index contributed by atoms with van der Waals surface area (Å²) in [5.41, 5.74) is -6.50. The van der Waals surface area contributed by atoms with Crippen LogP contribution in [0.15, 0.2) is 11.6 Å². The molecule has 4 aliphatic carbocycles. The third-order valence-corrected chi connectivity index (χ3v) is 9.49. The second kappa shape index (κ2) is 7.32. The molecule has 0 unspecified atom stereocenters. The first-order valence-corrected chi connectivity index (χ1v) is 11.5. The maximum absolute atomic E-state index is 17.1. The number of carbonyl (C=O) groups is 3. The predicted octanol–water partition coefficient (Wildman–Crippen LogP) is 1.63. The van der Waals surface area contributed by atoms with Crippen molar-refractivity contribution in [1.82, 2.24) is 0 Å². The molecule has 0 amide bonds. The summed E-state index contributed by atoms with van der Waals surface area (Å²) in [6, 6.07) is 0. The Morgan fingerprint density at radius 3 is 2.50 bits per heavy atom. The van der Waals surface area contributed by atoms with Gasteiger partial charge in [0.25, 0.3) is 0 Å². The van der Waals surface area contributed by atoms with Gasteiger partial charge in [0.1, 0.15) is 5.67 Å². The molecule has 3 saturated carbocycles. The number of fused-ring (bicyclic) bond motifs is 5. The monoisotopic (exact) mass is 472 g/mol. The Kier molecular flexibility index (Phi) is 5.45. The number of halogens is 2. The molecule has 9 atom stereocenters. The van der Waals surface area contributed by atoms with Gasteiger partial charge in [-0.3, -0.25) is 14.4 Å². The van der Waals surface area contributed by atoms with Gasteiger partial charge in [0.15, 0.2) is 18.0 Å². The number of hydrogen-bond acceptors (Lipinski definition) is 7. The highest BCUT2D eigenvalue weighted by Crippen LogP contribution is 2.70. The first kappa shape index (κ1) is 23.8. The van der Waals surface area contributed by atoms with Crippen LogP contribution in [0.3, 0.4) is 0 Å². The largest absolute Gasteiger partial charge is 0.458 e. The number of ketones is 2. The standard InChI is InChI=1S/C23H30ClFO7/c1-11(26)32-10-19(30)23(31)17(28)8-13-14-7-16(24)15-6-12(27)4-5-20(15,2)22(14,25)18(29)9-21(13,23)3/h6,13-14,16-18,28-29,31H,4-5,7-10H2,1-3H3/t13-,14-,16-,17+,18-,20-,21-,22-,23-/m0/s1. The maximum Gasteiger partial charge on any atom is 0.303 e. The molecule has 0 aromatic heterocycles. The van der Waals surface area contributed by atoms with Crippen LogP contribution >= 0.6 is 11.6 Å². The fourth-order valence-electron chi connectivity index (χ4n) is 7.36. The van der Waals surface area contributed by atoms with Crippen LogP contribution in [-0.4, -0.2) is 68.3 Å². The first-order chi connectivity index (χ1) is 14.7. The van der Waals surface area contributed by atoms with E-state index in [2.05, 4.69) is 0 Å². The van der Waals surface area contributed by atoms with Gasteiger partial charge in [-0.2, -0.15) is 0 Å². The number of aliphatic hydroxyl groups is 3. The zero-order chi connectivity index (χ0) is 23.9. The molecule has 0 radical (unpaired) electrons. The highest BCUT2D eigenvalue weighted by molar-refractivity contribution is 6.23. The van der Waals surface area contributed by atoms with Crippen LogP contribution in [0, 0.1) is 22.7 Å². The van der Waals surface area contributed by atoms with Gasteiger partial charge in [0.2, 0.25) is 5.78 Å². The van der Waals surface area contributed by atoms with Gasteiger partial charge in [-0.25, -0.2) is 4.39 Å². The van der Waals surface area contributed by atoms with Crippen molar-refractivity contribution in [3.8, 4) is 0 Å². The highest BCUT2D eigenvalue weighted by Gasteiger charge is 2.77. The summed E-state index contributed by atoms with van der Waals surface area (Å²) >= 11 is 6.65. The molecule has 0 aliphatic heterocycles. The number of ether oxygens (including phenoxy) is 1. The van der Waals surface area contributed by atoms with Crippen molar-refractivity contribution in [2.45, 2.75) is 81.7 Å². The van der Waals surface area contributed by atoms with Crippen LogP contribution < -0.4 is 0 Å². The minimum atomic E-state index is -2.31.